The zero-order valence-electron chi connectivity index (χ0n) is 14.4. The van der Waals surface area contributed by atoms with Gasteiger partial charge in [-0.05, 0) is 43.7 Å². The summed E-state index contributed by atoms with van der Waals surface area (Å²) in [6, 6.07) is 14.4. The van der Waals surface area contributed by atoms with Crippen molar-refractivity contribution in [2.75, 3.05) is 19.0 Å². The van der Waals surface area contributed by atoms with Crippen LogP contribution in [-0.4, -0.2) is 25.5 Å². The maximum absolute atomic E-state index is 12.1. The number of hydrogen-bond acceptors (Lipinski definition) is 3. The second-order valence-electron chi connectivity index (χ2n) is 5.95. The van der Waals surface area contributed by atoms with Gasteiger partial charge in [0.05, 0.1) is 6.54 Å². The summed E-state index contributed by atoms with van der Waals surface area (Å²) in [6.07, 6.45) is 0. The van der Waals surface area contributed by atoms with Crippen LogP contribution in [-0.2, 0) is 19.9 Å². The normalized spacial score (nSPS) is 13.0. The van der Waals surface area contributed by atoms with Gasteiger partial charge in [0.15, 0.2) is 0 Å². The molecule has 0 aliphatic heterocycles. The van der Waals surface area contributed by atoms with E-state index in [2.05, 4.69) is 10.6 Å². The third kappa shape index (κ3) is 5.05. The molecule has 2 aromatic rings. The summed E-state index contributed by atoms with van der Waals surface area (Å²) in [4.78, 5) is 24.1. The summed E-state index contributed by atoms with van der Waals surface area (Å²) >= 11 is 6.02. The molecule has 2 rings (SSSR count). The first-order valence-electron chi connectivity index (χ1n) is 7.81. The van der Waals surface area contributed by atoms with Gasteiger partial charge in [-0.15, -0.1) is 0 Å². The fraction of sp³-hybridized carbons (Fsp3) is 0.263. The van der Waals surface area contributed by atoms with Crippen molar-refractivity contribution in [1.82, 2.24) is 5.32 Å². The smallest absolute Gasteiger partial charge is 0.313 e. The van der Waals surface area contributed by atoms with E-state index in [0.29, 0.717) is 10.7 Å². The molecule has 1 unspecified atom stereocenters. The number of ether oxygens (including phenoxy) is 1. The van der Waals surface area contributed by atoms with Crippen LogP contribution < -0.4 is 10.6 Å². The molecule has 2 aromatic carbocycles. The van der Waals surface area contributed by atoms with Crippen LogP contribution in [0.5, 0.6) is 0 Å². The van der Waals surface area contributed by atoms with Gasteiger partial charge in [0.1, 0.15) is 5.60 Å². The van der Waals surface area contributed by atoms with Crippen LogP contribution >= 0.6 is 11.6 Å². The van der Waals surface area contributed by atoms with E-state index >= 15 is 0 Å². The Labute approximate surface area is 152 Å². The molecule has 0 fully saturated rings. The van der Waals surface area contributed by atoms with Crippen LogP contribution in [0.2, 0.25) is 5.02 Å². The first-order valence-corrected chi connectivity index (χ1v) is 8.19. The van der Waals surface area contributed by atoms with Gasteiger partial charge in [0.2, 0.25) is 0 Å². The highest BCUT2D eigenvalue weighted by Gasteiger charge is 2.28. The Balaban J connectivity index is 1.99. The molecule has 6 heteroatoms. The number of rotatable bonds is 5. The maximum atomic E-state index is 12.1. The Morgan fingerprint density at radius 2 is 1.80 bits per heavy atom. The fourth-order valence-corrected chi connectivity index (χ4v) is 2.45. The molecule has 1 atom stereocenters. The van der Waals surface area contributed by atoms with E-state index in [1.54, 1.807) is 37.4 Å². The van der Waals surface area contributed by atoms with Crippen LogP contribution in [0.25, 0.3) is 0 Å². The van der Waals surface area contributed by atoms with Crippen LogP contribution in [0, 0.1) is 6.92 Å². The minimum Gasteiger partial charge on any atom is -0.372 e. The van der Waals surface area contributed by atoms with E-state index < -0.39 is 17.4 Å². The topological polar surface area (TPSA) is 67.4 Å². The second kappa shape index (κ2) is 8.14. The molecule has 25 heavy (non-hydrogen) atoms. The highest BCUT2D eigenvalue weighted by atomic mass is 35.5. The molecule has 0 aromatic heterocycles. The predicted molar refractivity (Wildman–Crippen MR) is 98.6 cm³/mol. The Bertz CT molecular complexity index is 762. The lowest BCUT2D eigenvalue weighted by Crippen LogP contribution is -2.44. The van der Waals surface area contributed by atoms with E-state index in [0.717, 1.165) is 11.1 Å². The molecule has 0 spiro atoms. The number of halogens is 1. The summed E-state index contributed by atoms with van der Waals surface area (Å²) in [5.41, 5.74) is 1.64. The first kappa shape index (κ1) is 19.0. The minimum absolute atomic E-state index is 0.129. The molecule has 0 aliphatic rings. The maximum Gasteiger partial charge on any atom is 0.313 e. The van der Waals surface area contributed by atoms with Crippen molar-refractivity contribution in [3.8, 4) is 0 Å². The van der Waals surface area contributed by atoms with Gasteiger partial charge in [-0.3, -0.25) is 9.59 Å². The number of aryl methyl sites for hydroxylation is 1. The number of carbonyl (C=O) groups excluding carboxylic acids is 2. The van der Waals surface area contributed by atoms with E-state index in [9.17, 15) is 9.59 Å². The van der Waals surface area contributed by atoms with E-state index in [-0.39, 0.29) is 6.54 Å². The summed E-state index contributed by atoms with van der Waals surface area (Å²) < 4.78 is 5.54. The van der Waals surface area contributed by atoms with Crippen molar-refractivity contribution in [3.63, 3.8) is 0 Å². The highest BCUT2D eigenvalue weighted by Crippen LogP contribution is 2.26. The van der Waals surface area contributed by atoms with Crippen LogP contribution in [0.1, 0.15) is 18.1 Å². The van der Waals surface area contributed by atoms with Crippen molar-refractivity contribution in [3.05, 3.63) is 64.7 Å². The standard InChI is InChI=1S/C19H21ClN2O3/c1-13-7-9-16(10-8-13)22-18(24)17(23)21-12-19(2,25-3)14-5-4-6-15(20)11-14/h4-11H,12H2,1-3H3,(H,21,23)(H,22,24). The first-order chi connectivity index (χ1) is 11.8. The molecular weight excluding hydrogens is 340 g/mol. The van der Waals surface area contributed by atoms with Crippen molar-refractivity contribution >= 4 is 29.1 Å². The largest absolute Gasteiger partial charge is 0.372 e. The SMILES string of the molecule is COC(C)(CNC(=O)C(=O)Nc1ccc(C)cc1)c1cccc(Cl)c1. The molecule has 132 valence electrons. The lowest BCUT2D eigenvalue weighted by Gasteiger charge is -2.29. The monoisotopic (exact) mass is 360 g/mol. The molecule has 2 N–H and O–H groups in total. The molecule has 0 aliphatic carbocycles. The number of carbonyl (C=O) groups is 2. The minimum atomic E-state index is -0.801. The summed E-state index contributed by atoms with van der Waals surface area (Å²) in [7, 11) is 1.54. The van der Waals surface area contributed by atoms with Crippen LogP contribution in [0.4, 0.5) is 5.69 Å². The van der Waals surface area contributed by atoms with E-state index in [4.69, 9.17) is 16.3 Å². The van der Waals surface area contributed by atoms with Gasteiger partial charge in [-0.2, -0.15) is 0 Å². The molecule has 0 saturated carbocycles. The number of amides is 2. The van der Waals surface area contributed by atoms with Gasteiger partial charge in [0, 0.05) is 17.8 Å². The molecule has 0 heterocycles. The zero-order chi connectivity index (χ0) is 18.4. The number of nitrogens with one attached hydrogen (secondary N) is 2. The van der Waals surface area contributed by atoms with E-state index in [1.165, 1.54) is 0 Å². The summed E-state index contributed by atoms with van der Waals surface area (Å²) in [6.45, 7) is 3.89. The lowest BCUT2D eigenvalue weighted by atomic mass is 9.95. The van der Waals surface area contributed by atoms with Crippen LogP contribution in [0.15, 0.2) is 48.5 Å². The zero-order valence-corrected chi connectivity index (χ0v) is 15.2. The predicted octanol–water partition coefficient (Wildman–Crippen LogP) is 3.26. The highest BCUT2D eigenvalue weighted by molar-refractivity contribution is 6.39. The molecule has 2 amide bonds. The number of anilines is 1. The Hall–Kier alpha value is -2.37. The van der Waals surface area contributed by atoms with Gasteiger partial charge in [-0.25, -0.2) is 0 Å². The quantitative estimate of drug-likeness (QED) is 0.804. The number of benzene rings is 2. The van der Waals surface area contributed by atoms with Gasteiger partial charge in [0.25, 0.3) is 0 Å². The van der Waals surface area contributed by atoms with Gasteiger partial charge in [-0.1, -0.05) is 41.4 Å². The third-order valence-electron chi connectivity index (χ3n) is 3.99. The van der Waals surface area contributed by atoms with Crippen molar-refractivity contribution < 1.29 is 14.3 Å². The van der Waals surface area contributed by atoms with Gasteiger partial charge < -0.3 is 15.4 Å². The Kier molecular flexibility index (Phi) is 6.17. The number of methoxy groups -OCH3 is 1. The molecular formula is C19H21ClN2O3. The summed E-state index contributed by atoms with van der Waals surface area (Å²) in [5.74, 6) is -1.46. The number of hydrogen-bond donors (Lipinski definition) is 2. The van der Waals surface area contributed by atoms with Gasteiger partial charge >= 0.3 is 11.8 Å². The average molecular weight is 361 g/mol. The summed E-state index contributed by atoms with van der Waals surface area (Å²) in [5, 5.41) is 5.74. The molecule has 0 bridgehead atoms. The van der Waals surface area contributed by atoms with E-state index in [1.807, 2.05) is 32.0 Å². The Morgan fingerprint density at radius 3 is 2.40 bits per heavy atom. The molecule has 0 saturated heterocycles. The molecule has 5 nitrogen and oxygen atoms in total. The molecule has 0 radical (unpaired) electrons. The Morgan fingerprint density at radius 1 is 1.12 bits per heavy atom. The van der Waals surface area contributed by atoms with Crippen LogP contribution in [0.3, 0.4) is 0 Å². The second-order valence-corrected chi connectivity index (χ2v) is 6.38. The van der Waals surface area contributed by atoms with Crippen molar-refractivity contribution in [2.24, 2.45) is 0 Å². The van der Waals surface area contributed by atoms with Crippen molar-refractivity contribution in [2.45, 2.75) is 19.4 Å². The van der Waals surface area contributed by atoms with Crippen molar-refractivity contribution in [1.29, 1.82) is 0 Å². The average Bonchev–Trinajstić information content (AvgIpc) is 2.61. The fourth-order valence-electron chi connectivity index (χ4n) is 2.26. The lowest BCUT2D eigenvalue weighted by molar-refractivity contribution is -0.137. The third-order valence-corrected chi connectivity index (χ3v) is 4.22.